The third-order valence-electron chi connectivity index (χ3n) is 4.66. The summed E-state index contributed by atoms with van der Waals surface area (Å²) in [6.45, 7) is 5.33. The molecule has 112 valence electrons. The van der Waals surface area contributed by atoms with Gasteiger partial charge in [0.2, 0.25) is 0 Å². The van der Waals surface area contributed by atoms with Crippen LogP contribution in [-0.4, -0.2) is 11.6 Å². The molecule has 3 aromatic rings. The molecule has 1 unspecified atom stereocenters. The second kappa shape index (κ2) is 5.36. The van der Waals surface area contributed by atoms with Crippen LogP contribution in [0.1, 0.15) is 50.0 Å². The zero-order chi connectivity index (χ0) is 15.1. The number of aromatic nitrogens is 1. The summed E-state index contributed by atoms with van der Waals surface area (Å²) >= 11 is 0. The van der Waals surface area contributed by atoms with Crippen LogP contribution in [0, 0.1) is 0 Å². The van der Waals surface area contributed by atoms with Gasteiger partial charge in [-0.1, -0.05) is 44.2 Å². The van der Waals surface area contributed by atoms with Crippen molar-refractivity contribution in [3.8, 4) is 0 Å². The fourth-order valence-corrected chi connectivity index (χ4v) is 3.40. The van der Waals surface area contributed by atoms with E-state index in [0.29, 0.717) is 5.92 Å². The van der Waals surface area contributed by atoms with Gasteiger partial charge >= 0.3 is 0 Å². The summed E-state index contributed by atoms with van der Waals surface area (Å²) in [5.41, 5.74) is 3.55. The van der Waals surface area contributed by atoms with Crippen LogP contribution < -0.4 is 0 Å². The van der Waals surface area contributed by atoms with Crippen molar-refractivity contribution in [2.45, 2.75) is 38.7 Å². The normalized spacial score (nSPS) is 18.6. The van der Waals surface area contributed by atoms with Crippen LogP contribution in [0.15, 0.2) is 42.5 Å². The van der Waals surface area contributed by atoms with Crippen LogP contribution in [-0.2, 0) is 4.74 Å². The van der Waals surface area contributed by atoms with Crippen molar-refractivity contribution in [3.05, 3.63) is 53.7 Å². The van der Waals surface area contributed by atoms with Gasteiger partial charge in [0.15, 0.2) is 0 Å². The predicted octanol–water partition coefficient (Wildman–Crippen LogP) is 5.36. The highest BCUT2D eigenvalue weighted by Crippen LogP contribution is 2.36. The first kappa shape index (κ1) is 13.7. The molecule has 2 heteroatoms. The molecule has 1 aromatic heterocycles. The number of para-hydroxylation sites is 1. The number of benzene rings is 2. The van der Waals surface area contributed by atoms with Crippen LogP contribution in [0.25, 0.3) is 21.7 Å². The summed E-state index contributed by atoms with van der Waals surface area (Å²) in [4.78, 5) is 4.96. The van der Waals surface area contributed by atoms with Crippen molar-refractivity contribution >= 4 is 21.7 Å². The summed E-state index contributed by atoms with van der Waals surface area (Å²) < 4.78 is 5.93. The van der Waals surface area contributed by atoms with Crippen LogP contribution in [0.2, 0.25) is 0 Å². The van der Waals surface area contributed by atoms with E-state index in [1.54, 1.807) is 0 Å². The molecular weight excluding hydrogens is 270 g/mol. The topological polar surface area (TPSA) is 22.1 Å². The summed E-state index contributed by atoms with van der Waals surface area (Å²) in [5, 5.41) is 3.78. The molecule has 4 rings (SSSR count). The summed E-state index contributed by atoms with van der Waals surface area (Å²) in [6.07, 6.45) is 2.35. The number of ether oxygens (including phenoxy) is 1. The Labute approximate surface area is 131 Å². The van der Waals surface area contributed by atoms with Gasteiger partial charge in [-0.3, -0.25) is 0 Å². The molecule has 0 bridgehead atoms. The highest BCUT2D eigenvalue weighted by Gasteiger charge is 2.22. The SMILES string of the molecule is CC(C)c1ccc2c(c1)c(C1CCCO1)nc1ccccc12. The lowest BCUT2D eigenvalue weighted by Gasteiger charge is -2.16. The monoisotopic (exact) mass is 291 g/mol. The molecule has 1 aliphatic heterocycles. The maximum Gasteiger partial charge on any atom is 0.100 e. The van der Waals surface area contributed by atoms with E-state index in [2.05, 4.69) is 56.3 Å². The largest absolute Gasteiger partial charge is 0.372 e. The molecule has 0 aliphatic carbocycles. The molecule has 0 N–H and O–H groups in total. The minimum Gasteiger partial charge on any atom is -0.372 e. The van der Waals surface area contributed by atoms with Gasteiger partial charge in [-0.15, -0.1) is 0 Å². The molecule has 22 heavy (non-hydrogen) atoms. The molecule has 2 aromatic carbocycles. The zero-order valence-electron chi connectivity index (χ0n) is 13.2. The van der Waals surface area contributed by atoms with Crippen LogP contribution in [0.4, 0.5) is 0 Å². The second-order valence-corrected chi connectivity index (χ2v) is 6.48. The van der Waals surface area contributed by atoms with E-state index in [1.165, 1.54) is 21.7 Å². The number of nitrogens with zero attached hydrogens (tertiary/aromatic N) is 1. The van der Waals surface area contributed by atoms with Gasteiger partial charge in [0.1, 0.15) is 6.10 Å². The average molecular weight is 291 g/mol. The maximum absolute atomic E-state index is 5.93. The number of rotatable bonds is 2. The maximum atomic E-state index is 5.93. The van der Waals surface area contributed by atoms with Gasteiger partial charge < -0.3 is 4.74 Å². The number of fused-ring (bicyclic) bond motifs is 3. The molecule has 2 heterocycles. The first-order valence-corrected chi connectivity index (χ1v) is 8.18. The van der Waals surface area contributed by atoms with E-state index >= 15 is 0 Å². The Kier molecular flexibility index (Phi) is 3.34. The van der Waals surface area contributed by atoms with Gasteiger partial charge in [-0.2, -0.15) is 0 Å². The Balaban J connectivity index is 2.06. The van der Waals surface area contributed by atoms with Crippen molar-refractivity contribution in [2.24, 2.45) is 0 Å². The molecule has 2 nitrogen and oxygen atoms in total. The van der Waals surface area contributed by atoms with Crippen LogP contribution in [0.5, 0.6) is 0 Å². The fraction of sp³-hybridized carbons (Fsp3) is 0.350. The van der Waals surface area contributed by atoms with E-state index in [-0.39, 0.29) is 6.10 Å². The third-order valence-corrected chi connectivity index (χ3v) is 4.66. The molecule has 0 radical (unpaired) electrons. The molecule has 1 aliphatic rings. The Morgan fingerprint density at radius 1 is 1.05 bits per heavy atom. The number of pyridine rings is 1. The number of hydrogen-bond acceptors (Lipinski definition) is 2. The van der Waals surface area contributed by atoms with E-state index < -0.39 is 0 Å². The molecule has 1 atom stereocenters. The lowest BCUT2D eigenvalue weighted by Crippen LogP contribution is -2.02. The van der Waals surface area contributed by atoms with E-state index in [1.807, 2.05) is 0 Å². The standard InChI is InChI=1S/C20H21NO/c1-13(2)14-9-10-15-16-6-3-4-7-18(16)21-20(17(15)12-14)19-8-5-11-22-19/h3-4,6-7,9-10,12-13,19H,5,8,11H2,1-2H3. The highest BCUT2D eigenvalue weighted by atomic mass is 16.5. The highest BCUT2D eigenvalue weighted by molar-refractivity contribution is 6.06. The average Bonchev–Trinajstić information content (AvgIpc) is 3.07. The van der Waals surface area contributed by atoms with Crippen LogP contribution in [0.3, 0.4) is 0 Å². The molecular formula is C20H21NO. The molecule has 0 amide bonds. The first-order chi connectivity index (χ1) is 10.7. The molecule has 0 saturated carbocycles. The van der Waals surface area contributed by atoms with Gasteiger partial charge in [-0.05, 0) is 41.8 Å². The Morgan fingerprint density at radius 3 is 2.68 bits per heavy atom. The Morgan fingerprint density at radius 2 is 1.91 bits per heavy atom. The van der Waals surface area contributed by atoms with E-state index in [4.69, 9.17) is 9.72 Å². The summed E-state index contributed by atoms with van der Waals surface area (Å²) in [5.74, 6) is 0.521. The first-order valence-electron chi connectivity index (χ1n) is 8.18. The van der Waals surface area contributed by atoms with Crippen molar-refractivity contribution in [2.75, 3.05) is 6.61 Å². The van der Waals surface area contributed by atoms with Gasteiger partial charge in [0, 0.05) is 17.4 Å². The smallest absolute Gasteiger partial charge is 0.100 e. The lowest BCUT2D eigenvalue weighted by molar-refractivity contribution is 0.110. The van der Waals surface area contributed by atoms with Gasteiger partial charge in [-0.25, -0.2) is 4.98 Å². The van der Waals surface area contributed by atoms with Crippen molar-refractivity contribution in [3.63, 3.8) is 0 Å². The number of hydrogen-bond donors (Lipinski definition) is 0. The van der Waals surface area contributed by atoms with Crippen molar-refractivity contribution in [1.82, 2.24) is 4.98 Å². The van der Waals surface area contributed by atoms with Crippen molar-refractivity contribution in [1.29, 1.82) is 0 Å². The third kappa shape index (κ3) is 2.19. The summed E-state index contributed by atoms with van der Waals surface area (Å²) in [7, 11) is 0. The second-order valence-electron chi connectivity index (χ2n) is 6.48. The minimum absolute atomic E-state index is 0.148. The lowest BCUT2D eigenvalue weighted by atomic mass is 9.95. The molecule has 0 spiro atoms. The fourth-order valence-electron chi connectivity index (χ4n) is 3.40. The van der Waals surface area contributed by atoms with E-state index in [9.17, 15) is 0 Å². The quantitative estimate of drug-likeness (QED) is 0.593. The van der Waals surface area contributed by atoms with Crippen molar-refractivity contribution < 1.29 is 4.74 Å². The van der Waals surface area contributed by atoms with Gasteiger partial charge in [0.05, 0.1) is 11.2 Å². The molecule has 1 fully saturated rings. The molecule has 1 saturated heterocycles. The minimum atomic E-state index is 0.148. The van der Waals surface area contributed by atoms with Crippen LogP contribution >= 0.6 is 0 Å². The summed E-state index contributed by atoms with van der Waals surface area (Å²) in [6, 6.07) is 15.2. The Bertz CT molecular complexity index is 832. The Hall–Kier alpha value is -1.93. The van der Waals surface area contributed by atoms with Gasteiger partial charge in [0.25, 0.3) is 0 Å². The zero-order valence-corrected chi connectivity index (χ0v) is 13.2. The predicted molar refractivity (Wildman–Crippen MR) is 91.3 cm³/mol. The van der Waals surface area contributed by atoms with E-state index in [0.717, 1.165) is 30.7 Å².